The van der Waals surface area contributed by atoms with Gasteiger partial charge in [-0.1, -0.05) is 345 Å². The van der Waals surface area contributed by atoms with Crippen LogP contribution in [0.4, 0.5) is 11.4 Å². The van der Waals surface area contributed by atoms with Crippen LogP contribution >= 0.6 is 0 Å². The van der Waals surface area contributed by atoms with Crippen LogP contribution in [0, 0.1) is 0 Å². The zero-order valence-electron chi connectivity index (χ0n) is 51.9. The van der Waals surface area contributed by atoms with Crippen LogP contribution in [0.15, 0.2) is 82.8 Å². The molecule has 2 aromatic carbocycles. The molecule has 2 nitrogen and oxygen atoms in total. The van der Waals surface area contributed by atoms with Gasteiger partial charge in [0.05, 0.1) is 22.8 Å². The van der Waals surface area contributed by atoms with Crippen LogP contribution < -0.4 is 0 Å². The van der Waals surface area contributed by atoms with Crippen LogP contribution in [0.2, 0.25) is 0 Å². The Hall–Kier alpha value is -2.08. The Bertz CT molecular complexity index is 1530. The van der Waals surface area contributed by atoms with E-state index in [0.29, 0.717) is 0 Å². The molecule has 0 bridgehead atoms. The van der Waals surface area contributed by atoms with Gasteiger partial charge in [-0.2, -0.15) is 0 Å². The third-order valence-corrected chi connectivity index (χ3v) is 16.3. The predicted octanol–water partition coefficient (Wildman–Crippen LogP) is 26.3. The molecule has 0 radical (unpaired) electrons. The molecule has 444 valence electrons. The molecular formula is C74H128N2Pd. The molecule has 0 spiro atoms. The number of benzene rings is 2. The van der Waals surface area contributed by atoms with Gasteiger partial charge in [-0.25, -0.2) is 0 Å². The first-order chi connectivity index (χ1) is 37.7. The van der Waals surface area contributed by atoms with Gasteiger partial charge < -0.3 is 0 Å². The van der Waals surface area contributed by atoms with E-state index in [9.17, 15) is 0 Å². The van der Waals surface area contributed by atoms with Crippen LogP contribution in [0.5, 0.6) is 0 Å². The van der Waals surface area contributed by atoms with Gasteiger partial charge in [0.15, 0.2) is 0 Å². The quantitative estimate of drug-likeness (QED) is 0.0273. The zero-order chi connectivity index (χ0) is 54.1. The molecule has 2 aromatic rings. The Morgan fingerprint density at radius 3 is 0.753 bits per heavy atom. The first-order valence-electron chi connectivity index (χ1n) is 34.3. The number of aliphatic imine (C=N–C) groups is 2. The fourth-order valence-corrected chi connectivity index (χ4v) is 11.2. The first-order valence-corrected chi connectivity index (χ1v) is 34.3. The van der Waals surface area contributed by atoms with E-state index < -0.39 is 0 Å². The molecular weight excluding hydrogens is 1020 g/mol. The van der Waals surface area contributed by atoms with Crippen molar-refractivity contribution in [2.75, 3.05) is 0 Å². The van der Waals surface area contributed by atoms with E-state index in [0.717, 1.165) is 75.6 Å². The summed E-state index contributed by atoms with van der Waals surface area (Å²) in [5.74, 6) is 0. The monoisotopic (exact) mass is 1150 g/mol. The average Bonchev–Trinajstić information content (AvgIpc) is 3.44. The Morgan fingerprint density at radius 1 is 0.273 bits per heavy atom. The van der Waals surface area contributed by atoms with Gasteiger partial charge in [-0.3, -0.25) is 9.98 Å². The second kappa shape index (κ2) is 58.6. The van der Waals surface area contributed by atoms with E-state index in [1.54, 1.807) is 0 Å². The molecule has 0 saturated heterocycles. The number of hydrogen-bond donors (Lipinski definition) is 0. The molecule has 0 N–H and O–H groups in total. The van der Waals surface area contributed by atoms with Crippen molar-refractivity contribution in [2.45, 2.75) is 362 Å². The topological polar surface area (TPSA) is 24.7 Å². The second-order valence-corrected chi connectivity index (χ2v) is 23.6. The van der Waals surface area contributed by atoms with Crippen molar-refractivity contribution in [1.29, 1.82) is 0 Å². The molecule has 0 saturated carbocycles. The van der Waals surface area contributed by atoms with Crippen molar-refractivity contribution in [3.63, 3.8) is 0 Å². The van der Waals surface area contributed by atoms with Gasteiger partial charge >= 0.3 is 0 Å². The van der Waals surface area contributed by atoms with E-state index in [1.807, 2.05) is 0 Å². The summed E-state index contributed by atoms with van der Waals surface area (Å²) in [5.41, 5.74) is 7.39. The minimum absolute atomic E-state index is 0. The maximum atomic E-state index is 5.50. The molecule has 0 aromatic heterocycles. The molecule has 0 amide bonds. The van der Waals surface area contributed by atoms with Gasteiger partial charge in [-0.05, 0) is 100 Å². The summed E-state index contributed by atoms with van der Waals surface area (Å²) >= 11 is 0. The number of allylic oxidation sites excluding steroid dienone is 4. The molecule has 0 fully saturated rings. The van der Waals surface area contributed by atoms with E-state index in [-0.39, 0.29) is 20.4 Å². The minimum Gasteiger partial charge on any atom is -0.251 e. The molecule has 0 atom stereocenters. The van der Waals surface area contributed by atoms with Crippen LogP contribution in [0.3, 0.4) is 0 Å². The smallest absolute Gasteiger partial charge is 0.0665 e. The van der Waals surface area contributed by atoms with E-state index >= 15 is 0 Å². The summed E-state index contributed by atoms with van der Waals surface area (Å²) in [5, 5.41) is 0. The molecule has 0 aliphatic rings. The van der Waals surface area contributed by atoms with Gasteiger partial charge in [0, 0.05) is 20.4 Å². The van der Waals surface area contributed by atoms with Gasteiger partial charge in [0.2, 0.25) is 0 Å². The Kier molecular flexibility index (Phi) is 55.5. The van der Waals surface area contributed by atoms with Gasteiger partial charge in [0.25, 0.3) is 0 Å². The van der Waals surface area contributed by atoms with Crippen LogP contribution in [-0.2, 0) is 33.3 Å². The number of para-hydroxylation sites is 2. The number of aryl methyl sites for hydroxylation is 2. The summed E-state index contributed by atoms with van der Waals surface area (Å²) in [6.07, 6.45) is 80.6. The van der Waals surface area contributed by atoms with Crippen molar-refractivity contribution in [3.05, 3.63) is 84.0 Å². The largest absolute Gasteiger partial charge is 0.251 e. The Morgan fingerprint density at radius 2 is 0.494 bits per heavy atom. The minimum atomic E-state index is 0. The molecule has 0 heterocycles. The number of nitrogens with zero attached hydrogens (tertiary/aromatic N) is 2. The molecule has 3 heteroatoms. The summed E-state index contributed by atoms with van der Waals surface area (Å²) < 4.78 is 0. The van der Waals surface area contributed by atoms with E-state index in [4.69, 9.17) is 9.98 Å². The van der Waals surface area contributed by atoms with Crippen molar-refractivity contribution >= 4 is 22.8 Å². The number of hydrogen-bond acceptors (Lipinski definition) is 2. The predicted molar refractivity (Wildman–Crippen MR) is 346 cm³/mol. The Labute approximate surface area is 495 Å². The third-order valence-electron chi connectivity index (χ3n) is 16.3. The van der Waals surface area contributed by atoms with Crippen molar-refractivity contribution < 1.29 is 20.4 Å². The number of rotatable bonds is 57. The van der Waals surface area contributed by atoms with Gasteiger partial charge in [-0.15, -0.1) is 0 Å². The van der Waals surface area contributed by atoms with Crippen LogP contribution in [0.25, 0.3) is 0 Å². The fraction of sp³-hybridized carbons (Fsp3) is 0.757. The van der Waals surface area contributed by atoms with Crippen molar-refractivity contribution in [1.82, 2.24) is 0 Å². The van der Waals surface area contributed by atoms with Crippen molar-refractivity contribution in [3.8, 4) is 0 Å². The van der Waals surface area contributed by atoms with E-state index in [2.05, 4.69) is 101 Å². The van der Waals surface area contributed by atoms with Crippen LogP contribution in [0.1, 0.15) is 360 Å². The summed E-state index contributed by atoms with van der Waals surface area (Å²) in [6, 6.07) is 17.8. The second-order valence-electron chi connectivity index (χ2n) is 23.6. The summed E-state index contributed by atoms with van der Waals surface area (Å²) in [6.45, 7) is 9.22. The molecule has 0 unspecified atom stereocenters. The van der Waals surface area contributed by atoms with E-state index in [1.165, 1.54) is 292 Å². The third kappa shape index (κ3) is 45.3. The molecule has 0 aliphatic heterocycles. The Balaban J connectivity index is 0.0000296. The maximum Gasteiger partial charge on any atom is 0.0665 e. The SMILES string of the molecule is CCCCCCCCCCCCCCCCCCCCCCC=CCCc1ccccc1N=C(CCCC)C(CCCC)=Nc1ccccc1CCC=CCCCCCCCCCCCCCCCCCCCCCC.[Pd]. The molecule has 2 rings (SSSR count). The summed E-state index contributed by atoms with van der Waals surface area (Å²) in [7, 11) is 0. The average molecular weight is 1150 g/mol. The normalized spacial score (nSPS) is 12.2. The first kappa shape index (κ1) is 72.9. The van der Waals surface area contributed by atoms with Gasteiger partial charge in [0.1, 0.15) is 0 Å². The molecule has 0 aliphatic carbocycles. The zero-order valence-corrected chi connectivity index (χ0v) is 53.5. The number of unbranched alkanes of at least 4 members (excludes halogenated alkanes) is 42. The summed E-state index contributed by atoms with van der Waals surface area (Å²) in [4.78, 5) is 11.0. The molecule has 77 heavy (non-hydrogen) atoms. The van der Waals surface area contributed by atoms with Crippen molar-refractivity contribution in [2.24, 2.45) is 9.98 Å². The van der Waals surface area contributed by atoms with Crippen LogP contribution in [-0.4, -0.2) is 11.4 Å². The fourth-order valence-electron chi connectivity index (χ4n) is 11.2. The maximum absolute atomic E-state index is 5.50. The standard InChI is InChI=1S/C74H128N2.Pd/c1-5-9-13-15-17-19-21-23-25-27-29-31-33-35-37-39-41-43-45-47-49-51-53-55-61-69-63-57-59-67-71(69)75-73(65-11-7-3)74(66-12-8-4)76-72-68-60-58-64-70(72)62-56-54-52-50-48-46-44-42-40-38-36-34-32-30-28-26-24-22-20-18-16-14-10-6-2;/h51-54,57-60,63-64,67-68H,5-50,55-56,61-62,65-66H2,1-4H3;.